The summed E-state index contributed by atoms with van der Waals surface area (Å²) >= 11 is 0. The number of hydrogen-bond donors (Lipinski definition) is 2. The first-order valence-electron chi connectivity index (χ1n) is 12.1. The fourth-order valence-electron chi connectivity index (χ4n) is 4.79. The lowest BCUT2D eigenvalue weighted by Gasteiger charge is -2.54. The van der Waals surface area contributed by atoms with Crippen LogP contribution in [0.4, 0.5) is 9.18 Å². The number of likely N-dealkylation sites (N-methyl/N-ethyl adjacent to an activating group) is 1. The summed E-state index contributed by atoms with van der Waals surface area (Å²) in [6.45, 7) is 0.207. The van der Waals surface area contributed by atoms with Crippen LogP contribution in [-0.4, -0.2) is 94.7 Å². The summed E-state index contributed by atoms with van der Waals surface area (Å²) in [4.78, 5) is 54.1. The number of piperazine rings is 1. The van der Waals surface area contributed by atoms with Gasteiger partial charge >= 0.3 is 12.0 Å². The second-order valence-electron chi connectivity index (χ2n) is 9.22. The van der Waals surface area contributed by atoms with Gasteiger partial charge in [0.25, 0.3) is 0 Å². The molecule has 2 aliphatic heterocycles. The number of benzene rings is 2. The number of nitrogens with zero attached hydrogens (tertiary/aromatic N) is 4. The summed E-state index contributed by atoms with van der Waals surface area (Å²) in [6, 6.07) is 11.3. The molecule has 38 heavy (non-hydrogen) atoms. The zero-order valence-corrected chi connectivity index (χ0v) is 21.2. The fourth-order valence-corrected chi connectivity index (χ4v) is 4.79. The standard InChI is InChI=1S/C26H30FN5O6/c1-29-16-23(33)31-21(13-24(34)35)25(36)30(12-11-17-5-9-20(38-2)10-6-17)15-22(31)32(29)26(37)28-14-18-3-7-19(27)8-4-18/h3-10,21-22H,11-16H2,1-2H3,(H,28,37)(H,34,35)/t21?,22-/m0/s1. The Morgan fingerprint density at radius 3 is 2.37 bits per heavy atom. The summed E-state index contributed by atoms with van der Waals surface area (Å²) in [5.41, 5.74) is 1.62. The van der Waals surface area contributed by atoms with E-state index in [9.17, 15) is 28.7 Å². The van der Waals surface area contributed by atoms with E-state index in [1.54, 1.807) is 26.3 Å². The number of carboxylic acid groups (broad SMARTS) is 1. The van der Waals surface area contributed by atoms with Crippen molar-refractivity contribution in [2.75, 3.05) is 33.8 Å². The van der Waals surface area contributed by atoms with E-state index in [1.165, 1.54) is 32.0 Å². The predicted molar refractivity (Wildman–Crippen MR) is 133 cm³/mol. The van der Waals surface area contributed by atoms with Crippen LogP contribution in [0.1, 0.15) is 17.5 Å². The summed E-state index contributed by atoms with van der Waals surface area (Å²) in [7, 11) is 3.15. The van der Waals surface area contributed by atoms with Gasteiger partial charge in [-0.2, -0.15) is 0 Å². The molecule has 2 heterocycles. The number of amides is 4. The molecule has 2 saturated heterocycles. The molecule has 2 aliphatic rings. The molecule has 1 unspecified atom stereocenters. The van der Waals surface area contributed by atoms with Crippen molar-refractivity contribution in [3.8, 4) is 5.75 Å². The number of carboxylic acids is 1. The summed E-state index contributed by atoms with van der Waals surface area (Å²) in [6.07, 6.45) is -0.982. The zero-order chi connectivity index (χ0) is 27.4. The molecule has 12 heteroatoms. The number of carbonyl (C=O) groups is 4. The smallest absolute Gasteiger partial charge is 0.334 e. The number of halogens is 1. The van der Waals surface area contributed by atoms with E-state index < -0.39 is 48.3 Å². The predicted octanol–water partition coefficient (Wildman–Crippen LogP) is 1.29. The third-order valence-corrected chi connectivity index (χ3v) is 6.70. The Bertz CT molecular complexity index is 1190. The molecule has 2 fully saturated rings. The Hall–Kier alpha value is -4.19. The first-order chi connectivity index (χ1) is 18.2. The van der Waals surface area contributed by atoms with Crippen molar-refractivity contribution in [2.24, 2.45) is 0 Å². The van der Waals surface area contributed by atoms with Gasteiger partial charge in [-0.25, -0.2) is 19.2 Å². The maximum absolute atomic E-state index is 13.4. The van der Waals surface area contributed by atoms with Crippen LogP contribution in [0.3, 0.4) is 0 Å². The molecule has 2 aromatic rings. The summed E-state index contributed by atoms with van der Waals surface area (Å²) in [5.74, 6) is -1.82. The molecule has 0 spiro atoms. The molecule has 202 valence electrons. The largest absolute Gasteiger partial charge is 0.497 e. The normalized spacial score (nSPS) is 19.8. The van der Waals surface area contributed by atoms with Crippen LogP contribution in [0.5, 0.6) is 5.75 Å². The third-order valence-electron chi connectivity index (χ3n) is 6.70. The van der Waals surface area contributed by atoms with Gasteiger partial charge < -0.3 is 25.0 Å². The van der Waals surface area contributed by atoms with Gasteiger partial charge in [-0.05, 0) is 41.8 Å². The minimum atomic E-state index is -1.24. The van der Waals surface area contributed by atoms with Crippen molar-refractivity contribution in [1.82, 2.24) is 25.1 Å². The van der Waals surface area contributed by atoms with Gasteiger partial charge in [-0.3, -0.25) is 14.4 Å². The lowest BCUT2D eigenvalue weighted by atomic mass is 10.0. The van der Waals surface area contributed by atoms with Crippen molar-refractivity contribution >= 4 is 23.8 Å². The fraction of sp³-hybridized carbons (Fsp3) is 0.385. The van der Waals surface area contributed by atoms with Gasteiger partial charge in [0.1, 0.15) is 23.8 Å². The van der Waals surface area contributed by atoms with Gasteiger partial charge in [0.2, 0.25) is 11.8 Å². The highest BCUT2D eigenvalue weighted by atomic mass is 19.1. The van der Waals surface area contributed by atoms with Crippen LogP contribution in [0, 0.1) is 5.82 Å². The number of aliphatic carboxylic acids is 1. The molecular formula is C26H30FN5O6. The number of methoxy groups -OCH3 is 1. The van der Waals surface area contributed by atoms with Crippen LogP contribution < -0.4 is 10.1 Å². The quantitative estimate of drug-likeness (QED) is 0.531. The van der Waals surface area contributed by atoms with Gasteiger partial charge in [0, 0.05) is 20.1 Å². The highest BCUT2D eigenvalue weighted by Gasteiger charge is 2.51. The molecule has 0 aliphatic carbocycles. The average Bonchev–Trinajstić information content (AvgIpc) is 2.89. The molecule has 2 aromatic carbocycles. The number of hydrogen-bond acceptors (Lipinski definition) is 6. The lowest BCUT2D eigenvalue weighted by Crippen LogP contribution is -2.76. The molecule has 11 nitrogen and oxygen atoms in total. The Labute approximate surface area is 219 Å². The maximum Gasteiger partial charge on any atom is 0.334 e. The van der Waals surface area contributed by atoms with E-state index >= 15 is 0 Å². The minimum Gasteiger partial charge on any atom is -0.497 e. The highest BCUT2D eigenvalue weighted by Crippen LogP contribution is 2.27. The Balaban J connectivity index is 1.55. The molecule has 0 bridgehead atoms. The first-order valence-corrected chi connectivity index (χ1v) is 12.1. The number of fused-ring (bicyclic) bond motifs is 1. The Kier molecular flexibility index (Phi) is 8.10. The molecule has 2 atom stereocenters. The Morgan fingerprint density at radius 1 is 1.08 bits per heavy atom. The van der Waals surface area contributed by atoms with E-state index in [0.717, 1.165) is 5.56 Å². The van der Waals surface area contributed by atoms with Crippen LogP contribution in [-0.2, 0) is 27.3 Å². The van der Waals surface area contributed by atoms with Crippen molar-refractivity contribution in [3.63, 3.8) is 0 Å². The topological polar surface area (TPSA) is 123 Å². The van der Waals surface area contributed by atoms with E-state index in [-0.39, 0.29) is 26.2 Å². The first kappa shape index (κ1) is 26.9. The zero-order valence-electron chi connectivity index (χ0n) is 21.2. The highest BCUT2D eigenvalue weighted by molar-refractivity contribution is 5.93. The van der Waals surface area contributed by atoms with Crippen molar-refractivity contribution in [3.05, 3.63) is 65.5 Å². The van der Waals surface area contributed by atoms with Gasteiger partial charge in [0.05, 0.1) is 26.6 Å². The van der Waals surface area contributed by atoms with Gasteiger partial charge in [0.15, 0.2) is 0 Å². The number of ether oxygens (including phenoxy) is 1. The number of carbonyl (C=O) groups excluding carboxylic acids is 3. The molecule has 4 amide bonds. The maximum atomic E-state index is 13.4. The second kappa shape index (κ2) is 11.5. The number of hydrazine groups is 1. The van der Waals surface area contributed by atoms with Crippen molar-refractivity contribution in [1.29, 1.82) is 0 Å². The van der Waals surface area contributed by atoms with Crippen LogP contribution in [0.2, 0.25) is 0 Å². The summed E-state index contributed by atoms with van der Waals surface area (Å²) < 4.78 is 18.4. The second-order valence-corrected chi connectivity index (χ2v) is 9.22. The van der Waals surface area contributed by atoms with E-state index in [4.69, 9.17) is 4.74 Å². The lowest BCUT2D eigenvalue weighted by molar-refractivity contribution is -0.188. The van der Waals surface area contributed by atoms with E-state index in [1.807, 2.05) is 24.3 Å². The monoisotopic (exact) mass is 527 g/mol. The van der Waals surface area contributed by atoms with Crippen LogP contribution in [0.15, 0.2) is 48.5 Å². The molecule has 4 rings (SSSR count). The van der Waals surface area contributed by atoms with Crippen molar-refractivity contribution < 1.29 is 33.4 Å². The minimum absolute atomic E-state index is 0.0190. The van der Waals surface area contributed by atoms with Crippen LogP contribution >= 0.6 is 0 Å². The van der Waals surface area contributed by atoms with Gasteiger partial charge in [-0.1, -0.05) is 24.3 Å². The third kappa shape index (κ3) is 5.86. The molecular weight excluding hydrogens is 497 g/mol. The molecule has 0 radical (unpaired) electrons. The van der Waals surface area contributed by atoms with E-state index in [0.29, 0.717) is 17.7 Å². The number of rotatable bonds is 8. The molecule has 0 saturated carbocycles. The average molecular weight is 528 g/mol. The van der Waals surface area contributed by atoms with Crippen molar-refractivity contribution in [2.45, 2.75) is 31.6 Å². The van der Waals surface area contributed by atoms with E-state index in [2.05, 4.69) is 5.32 Å². The molecule has 2 N–H and O–H groups in total. The summed E-state index contributed by atoms with van der Waals surface area (Å²) in [5, 5.41) is 15.1. The molecule has 0 aromatic heterocycles. The Morgan fingerprint density at radius 2 is 1.74 bits per heavy atom. The number of nitrogens with one attached hydrogen (secondary N) is 1. The van der Waals surface area contributed by atoms with Gasteiger partial charge in [-0.15, -0.1) is 0 Å². The SMILES string of the molecule is COc1ccc(CCN2C[C@H]3N(C(=O)CN(C)N3C(=O)NCc3ccc(F)cc3)C(CC(=O)O)C2=O)cc1. The van der Waals surface area contributed by atoms with Crippen LogP contribution in [0.25, 0.3) is 0 Å². The number of urea groups is 1.